The van der Waals surface area contributed by atoms with Gasteiger partial charge in [0.15, 0.2) is 0 Å². The zero-order chi connectivity index (χ0) is 9.97. The smallest absolute Gasteiger partial charge is 0.266 e. The maximum absolute atomic E-state index is 10.8. The van der Waals surface area contributed by atoms with Gasteiger partial charge in [-0.05, 0) is 13.0 Å². The first kappa shape index (κ1) is 8.69. The molecule has 2 rings (SSSR count). The van der Waals surface area contributed by atoms with Crippen LogP contribution in [0.1, 0.15) is 5.56 Å². The average molecular weight is 186 g/mol. The molecule has 0 aliphatic carbocycles. The summed E-state index contributed by atoms with van der Waals surface area (Å²) in [6.45, 7) is 2.02. The molecule has 0 aliphatic heterocycles. The molecule has 3 heteroatoms. The van der Waals surface area contributed by atoms with Crippen molar-refractivity contribution in [2.75, 3.05) is 0 Å². The minimum atomic E-state index is -0.179. The average Bonchev–Trinajstić information content (AvgIpc) is 2.19. The fourth-order valence-electron chi connectivity index (χ4n) is 1.30. The van der Waals surface area contributed by atoms with E-state index in [1.807, 2.05) is 31.2 Å². The number of aromatic amines is 1. The molecule has 1 aromatic carbocycles. The predicted molar refractivity (Wildman–Crippen MR) is 55.0 cm³/mol. The van der Waals surface area contributed by atoms with Gasteiger partial charge in [-0.25, -0.2) is 4.98 Å². The third-order valence-corrected chi connectivity index (χ3v) is 1.99. The van der Waals surface area contributed by atoms with Gasteiger partial charge in [0.1, 0.15) is 0 Å². The van der Waals surface area contributed by atoms with Crippen LogP contribution >= 0.6 is 0 Å². The molecule has 0 saturated heterocycles. The minimum absolute atomic E-state index is 0.179. The van der Waals surface area contributed by atoms with Gasteiger partial charge >= 0.3 is 0 Å². The topological polar surface area (TPSA) is 45.8 Å². The zero-order valence-electron chi connectivity index (χ0n) is 7.82. The third-order valence-electron chi connectivity index (χ3n) is 1.99. The lowest BCUT2D eigenvalue weighted by molar-refractivity contribution is 1.14. The van der Waals surface area contributed by atoms with Gasteiger partial charge in [0.25, 0.3) is 5.56 Å². The third kappa shape index (κ3) is 1.71. The van der Waals surface area contributed by atoms with E-state index >= 15 is 0 Å². The Morgan fingerprint density at radius 2 is 2.21 bits per heavy atom. The Morgan fingerprint density at radius 3 is 2.86 bits per heavy atom. The molecule has 0 spiro atoms. The summed E-state index contributed by atoms with van der Waals surface area (Å²) in [6.07, 6.45) is 2.91. The molecule has 1 heterocycles. The molecule has 1 aromatic heterocycles. The summed E-state index contributed by atoms with van der Waals surface area (Å²) >= 11 is 0. The van der Waals surface area contributed by atoms with Gasteiger partial charge in [0, 0.05) is 11.8 Å². The summed E-state index contributed by atoms with van der Waals surface area (Å²) in [7, 11) is 0. The summed E-state index contributed by atoms with van der Waals surface area (Å²) < 4.78 is 0. The highest BCUT2D eigenvalue weighted by Crippen LogP contribution is 2.15. The largest absolute Gasteiger partial charge is 0.326 e. The van der Waals surface area contributed by atoms with Crippen molar-refractivity contribution in [3.63, 3.8) is 0 Å². The molecule has 0 bridgehead atoms. The van der Waals surface area contributed by atoms with E-state index in [0.29, 0.717) is 0 Å². The second kappa shape index (κ2) is 3.46. The molecular weight excluding hydrogens is 176 g/mol. The van der Waals surface area contributed by atoms with Gasteiger partial charge in [-0.3, -0.25) is 4.79 Å². The summed E-state index contributed by atoms with van der Waals surface area (Å²) in [5.41, 5.74) is 2.80. The van der Waals surface area contributed by atoms with Crippen LogP contribution in [-0.2, 0) is 0 Å². The lowest BCUT2D eigenvalue weighted by atomic mass is 10.1. The van der Waals surface area contributed by atoms with Crippen LogP contribution in [0, 0.1) is 6.92 Å². The second-order valence-electron chi connectivity index (χ2n) is 3.17. The van der Waals surface area contributed by atoms with Crippen molar-refractivity contribution in [2.24, 2.45) is 0 Å². The van der Waals surface area contributed by atoms with Gasteiger partial charge in [-0.15, -0.1) is 0 Å². The fraction of sp³-hybridized carbons (Fsp3) is 0.0909. The summed E-state index contributed by atoms with van der Waals surface area (Å²) in [4.78, 5) is 17.4. The SMILES string of the molecule is Cc1cccc(-c2c[nH]c(=O)cn2)c1. The van der Waals surface area contributed by atoms with Crippen LogP contribution in [0.3, 0.4) is 0 Å². The highest BCUT2D eigenvalue weighted by molar-refractivity contribution is 5.58. The lowest BCUT2D eigenvalue weighted by Crippen LogP contribution is -2.04. The first-order valence-corrected chi connectivity index (χ1v) is 4.37. The molecule has 14 heavy (non-hydrogen) atoms. The van der Waals surface area contributed by atoms with Crippen molar-refractivity contribution in [3.05, 3.63) is 52.6 Å². The quantitative estimate of drug-likeness (QED) is 0.737. The summed E-state index contributed by atoms with van der Waals surface area (Å²) in [5, 5.41) is 0. The number of aromatic nitrogens is 2. The molecule has 0 atom stereocenters. The van der Waals surface area contributed by atoms with Crippen LogP contribution in [0.4, 0.5) is 0 Å². The van der Waals surface area contributed by atoms with Crippen LogP contribution < -0.4 is 5.56 Å². The van der Waals surface area contributed by atoms with E-state index in [1.165, 1.54) is 11.8 Å². The van der Waals surface area contributed by atoms with E-state index in [0.717, 1.165) is 11.3 Å². The van der Waals surface area contributed by atoms with E-state index in [4.69, 9.17) is 0 Å². The maximum Gasteiger partial charge on any atom is 0.266 e. The Balaban J connectivity index is 2.49. The van der Waals surface area contributed by atoms with Gasteiger partial charge in [0.05, 0.1) is 11.9 Å². The molecule has 3 nitrogen and oxygen atoms in total. The second-order valence-corrected chi connectivity index (χ2v) is 3.17. The van der Waals surface area contributed by atoms with E-state index in [1.54, 1.807) is 6.20 Å². The summed E-state index contributed by atoms with van der Waals surface area (Å²) in [6, 6.07) is 7.99. The van der Waals surface area contributed by atoms with Crippen LogP contribution in [-0.4, -0.2) is 9.97 Å². The van der Waals surface area contributed by atoms with Gasteiger partial charge in [-0.1, -0.05) is 23.8 Å². The van der Waals surface area contributed by atoms with Gasteiger partial charge in [0.2, 0.25) is 0 Å². The van der Waals surface area contributed by atoms with Crippen LogP contribution in [0.5, 0.6) is 0 Å². The standard InChI is InChI=1S/C11H10N2O/c1-8-3-2-4-9(5-8)10-6-13-11(14)7-12-10/h2-7H,1H3,(H,13,14). The molecule has 0 fully saturated rings. The Kier molecular flexibility index (Phi) is 2.14. The van der Waals surface area contributed by atoms with Crippen LogP contribution in [0.2, 0.25) is 0 Å². The monoisotopic (exact) mass is 186 g/mol. The minimum Gasteiger partial charge on any atom is -0.326 e. The maximum atomic E-state index is 10.8. The molecular formula is C11H10N2O. The molecule has 70 valence electrons. The molecule has 0 saturated carbocycles. The van der Waals surface area contributed by atoms with E-state index in [9.17, 15) is 4.79 Å². The highest BCUT2D eigenvalue weighted by atomic mass is 16.1. The number of aryl methyl sites for hydroxylation is 1. The van der Waals surface area contributed by atoms with Crippen molar-refractivity contribution in [2.45, 2.75) is 6.92 Å². The Morgan fingerprint density at radius 1 is 1.36 bits per heavy atom. The molecule has 1 N–H and O–H groups in total. The first-order valence-electron chi connectivity index (χ1n) is 4.37. The van der Waals surface area contributed by atoms with E-state index in [2.05, 4.69) is 9.97 Å². The van der Waals surface area contributed by atoms with Gasteiger partial charge < -0.3 is 4.98 Å². The molecule has 0 radical (unpaired) electrons. The number of nitrogens with one attached hydrogen (secondary N) is 1. The van der Waals surface area contributed by atoms with Crippen molar-refractivity contribution in [1.82, 2.24) is 9.97 Å². The normalized spacial score (nSPS) is 10.1. The predicted octanol–water partition coefficient (Wildman–Crippen LogP) is 1.75. The van der Waals surface area contributed by atoms with Gasteiger partial charge in [-0.2, -0.15) is 0 Å². The van der Waals surface area contributed by atoms with Crippen molar-refractivity contribution in [1.29, 1.82) is 0 Å². The zero-order valence-corrected chi connectivity index (χ0v) is 7.82. The summed E-state index contributed by atoms with van der Waals surface area (Å²) in [5.74, 6) is 0. The number of benzene rings is 1. The van der Waals surface area contributed by atoms with E-state index < -0.39 is 0 Å². The molecule has 0 aliphatic rings. The number of rotatable bonds is 1. The number of nitrogens with zero attached hydrogens (tertiary/aromatic N) is 1. The first-order chi connectivity index (χ1) is 6.75. The Bertz CT molecular complexity index is 482. The van der Waals surface area contributed by atoms with Crippen molar-refractivity contribution in [3.8, 4) is 11.3 Å². The number of hydrogen-bond donors (Lipinski definition) is 1. The fourth-order valence-corrected chi connectivity index (χ4v) is 1.30. The number of H-pyrrole nitrogens is 1. The van der Waals surface area contributed by atoms with Crippen molar-refractivity contribution >= 4 is 0 Å². The molecule has 0 amide bonds. The molecule has 0 unspecified atom stereocenters. The Labute approximate surface area is 81.5 Å². The highest BCUT2D eigenvalue weighted by Gasteiger charge is 1.98. The molecule has 2 aromatic rings. The number of hydrogen-bond acceptors (Lipinski definition) is 2. The lowest BCUT2D eigenvalue weighted by Gasteiger charge is -2.00. The Hall–Kier alpha value is -1.90. The van der Waals surface area contributed by atoms with E-state index in [-0.39, 0.29) is 5.56 Å². The van der Waals surface area contributed by atoms with Crippen LogP contribution in [0.15, 0.2) is 41.5 Å². The van der Waals surface area contributed by atoms with Crippen LogP contribution in [0.25, 0.3) is 11.3 Å². The van der Waals surface area contributed by atoms with Crippen molar-refractivity contribution < 1.29 is 0 Å².